The summed E-state index contributed by atoms with van der Waals surface area (Å²) in [6, 6.07) is 36.6. The van der Waals surface area contributed by atoms with Gasteiger partial charge in [-0.15, -0.1) is 0 Å². The minimum Gasteiger partial charge on any atom is -0.399 e. The van der Waals surface area contributed by atoms with Crippen LogP contribution >= 0.6 is 0 Å². The number of fused-ring (bicyclic) bond motifs is 1. The predicted octanol–water partition coefficient (Wildman–Crippen LogP) is 6.72. The summed E-state index contributed by atoms with van der Waals surface area (Å²) in [5.74, 6) is 0. The number of nitrogens with zero attached hydrogens (tertiary/aromatic N) is 1. The molecule has 32 heavy (non-hydrogen) atoms. The highest BCUT2D eigenvalue weighted by molar-refractivity contribution is 6.07. The van der Waals surface area contributed by atoms with Gasteiger partial charge in [0.1, 0.15) is 0 Å². The van der Waals surface area contributed by atoms with Crippen molar-refractivity contribution < 1.29 is 0 Å². The summed E-state index contributed by atoms with van der Waals surface area (Å²) in [4.78, 5) is 2.24. The lowest BCUT2D eigenvalue weighted by Gasteiger charge is -2.28. The van der Waals surface area contributed by atoms with E-state index in [1.807, 2.05) is 60.7 Å². The minimum absolute atomic E-state index is 0.728. The van der Waals surface area contributed by atoms with Gasteiger partial charge in [0.25, 0.3) is 0 Å². The van der Waals surface area contributed by atoms with Crippen molar-refractivity contribution in [3.63, 3.8) is 0 Å². The Bertz CT molecular complexity index is 1320. The van der Waals surface area contributed by atoms with E-state index in [9.17, 15) is 0 Å². The van der Waals surface area contributed by atoms with E-state index in [2.05, 4.69) is 53.4 Å². The summed E-state index contributed by atoms with van der Waals surface area (Å²) in [6.07, 6.45) is 0. The van der Waals surface area contributed by atoms with Gasteiger partial charge in [-0.05, 0) is 83.2 Å². The van der Waals surface area contributed by atoms with E-state index in [1.165, 1.54) is 0 Å². The Labute approximate surface area is 187 Å². The lowest BCUT2D eigenvalue weighted by atomic mass is 9.96. The van der Waals surface area contributed by atoms with Crippen LogP contribution in [-0.4, -0.2) is 0 Å². The molecule has 0 aromatic heterocycles. The highest BCUT2D eigenvalue weighted by atomic mass is 15.1. The fourth-order valence-corrected chi connectivity index (χ4v) is 4.08. The first-order valence-corrected chi connectivity index (χ1v) is 10.5. The second kappa shape index (κ2) is 8.00. The van der Waals surface area contributed by atoms with E-state index < -0.39 is 0 Å². The van der Waals surface area contributed by atoms with Crippen molar-refractivity contribution >= 4 is 44.9 Å². The second-order valence-electron chi connectivity index (χ2n) is 7.82. The number of benzene rings is 5. The van der Waals surface area contributed by atoms with Crippen LogP contribution in [0.1, 0.15) is 0 Å². The SMILES string of the molecule is Nc1ccc(-c2cccc3cccc(N(c4ccc(N)cc4)c4ccc(N)cc4)c23)cc1. The number of nitrogens with two attached hydrogens (primary N) is 3. The molecular weight excluding hydrogens is 392 g/mol. The Morgan fingerprint density at radius 2 is 0.938 bits per heavy atom. The van der Waals surface area contributed by atoms with Crippen LogP contribution in [0.15, 0.2) is 109 Å². The average molecular weight is 417 g/mol. The summed E-state index contributed by atoms with van der Waals surface area (Å²) in [7, 11) is 0. The van der Waals surface area contributed by atoms with Crippen molar-refractivity contribution in [2.75, 3.05) is 22.1 Å². The van der Waals surface area contributed by atoms with Crippen molar-refractivity contribution in [1.82, 2.24) is 0 Å². The monoisotopic (exact) mass is 416 g/mol. The van der Waals surface area contributed by atoms with Gasteiger partial charge in [-0.3, -0.25) is 0 Å². The van der Waals surface area contributed by atoms with Gasteiger partial charge in [0.05, 0.1) is 5.69 Å². The molecule has 5 rings (SSSR count). The molecule has 0 saturated carbocycles. The summed E-state index contributed by atoms with van der Waals surface area (Å²) in [6.45, 7) is 0. The number of hydrogen-bond donors (Lipinski definition) is 3. The van der Waals surface area contributed by atoms with Crippen LogP contribution in [-0.2, 0) is 0 Å². The third-order valence-electron chi connectivity index (χ3n) is 5.65. The fraction of sp³-hybridized carbons (Fsp3) is 0. The Kier molecular flexibility index (Phi) is 4.88. The van der Waals surface area contributed by atoms with Gasteiger partial charge in [-0.1, -0.05) is 42.5 Å². The van der Waals surface area contributed by atoms with Crippen LogP contribution in [0.5, 0.6) is 0 Å². The molecule has 0 unspecified atom stereocenters. The number of hydrogen-bond acceptors (Lipinski definition) is 4. The maximum atomic E-state index is 5.98. The average Bonchev–Trinajstić information content (AvgIpc) is 2.82. The molecule has 0 aliphatic carbocycles. The van der Waals surface area contributed by atoms with Crippen molar-refractivity contribution in [2.45, 2.75) is 0 Å². The van der Waals surface area contributed by atoms with Gasteiger partial charge >= 0.3 is 0 Å². The summed E-state index contributed by atoms with van der Waals surface area (Å²) in [5, 5.41) is 2.32. The number of anilines is 6. The molecular formula is C28H24N4. The Morgan fingerprint density at radius 1 is 0.469 bits per heavy atom. The molecule has 0 radical (unpaired) electrons. The van der Waals surface area contributed by atoms with Gasteiger partial charge in [0.2, 0.25) is 0 Å². The van der Waals surface area contributed by atoms with E-state index in [0.717, 1.165) is 56.0 Å². The molecule has 6 N–H and O–H groups in total. The highest BCUT2D eigenvalue weighted by Crippen LogP contribution is 2.42. The van der Waals surface area contributed by atoms with Gasteiger partial charge in [-0.2, -0.15) is 0 Å². The molecule has 0 aliphatic rings. The molecule has 0 atom stereocenters. The lowest BCUT2D eigenvalue weighted by molar-refractivity contribution is 1.30. The molecule has 0 bridgehead atoms. The topological polar surface area (TPSA) is 81.3 Å². The van der Waals surface area contributed by atoms with Gasteiger partial charge < -0.3 is 22.1 Å². The Balaban J connectivity index is 1.80. The highest BCUT2D eigenvalue weighted by Gasteiger charge is 2.17. The third kappa shape index (κ3) is 3.59. The Morgan fingerprint density at radius 3 is 1.47 bits per heavy atom. The molecule has 156 valence electrons. The summed E-state index contributed by atoms with van der Waals surface area (Å²) in [5.41, 5.74) is 25.5. The molecule has 0 aliphatic heterocycles. The van der Waals surface area contributed by atoms with Gasteiger partial charge in [-0.25, -0.2) is 0 Å². The largest absolute Gasteiger partial charge is 0.399 e. The maximum Gasteiger partial charge on any atom is 0.0546 e. The van der Waals surface area contributed by atoms with Crippen molar-refractivity contribution in [1.29, 1.82) is 0 Å². The van der Waals surface area contributed by atoms with Crippen LogP contribution < -0.4 is 22.1 Å². The van der Waals surface area contributed by atoms with Crippen molar-refractivity contribution in [2.24, 2.45) is 0 Å². The summed E-state index contributed by atoms with van der Waals surface area (Å²) >= 11 is 0. The zero-order valence-electron chi connectivity index (χ0n) is 17.6. The van der Waals surface area contributed by atoms with Crippen LogP contribution in [0.3, 0.4) is 0 Å². The maximum absolute atomic E-state index is 5.98. The molecule has 4 nitrogen and oxygen atoms in total. The molecule has 5 aromatic carbocycles. The van der Waals surface area contributed by atoms with E-state index in [4.69, 9.17) is 17.2 Å². The lowest BCUT2D eigenvalue weighted by Crippen LogP contribution is -2.11. The molecule has 0 saturated heterocycles. The standard InChI is InChI=1S/C28H24N4/c29-21-9-7-19(8-10-21)26-5-1-3-20-4-2-6-27(28(20)26)32(24-15-11-22(30)12-16-24)25-17-13-23(31)14-18-25/h1-18H,29-31H2. The molecule has 0 fully saturated rings. The third-order valence-corrected chi connectivity index (χ3v) is 5.65. The van der Waals surface area contributed by atoms with Crippen LogP contribution in [0, 0.1) is 0 Å². The van der Waals surface area contributed by atoms with Crippen LogP contribution in [0.2, 0.25) is 0 Å². The minimum atomic E-state index is 0.728. The normalized spacial score (nSPS) is 10.9. The van der Waals surface area contributed by atoms with Crippen molar-refractivity contribution in [3.8, 4) is 11.1 Å². The molecule has 5 aromatic rings. The van der Waals surface area contributed by atoms with Crippen LogP contribution in [0.4, 0.5) is 34.1 Å². The van der Waals surface area contributed by atoms with Gasteiger partial charge in [0, 0.05) is 33.8 Å². The second-order valence-corrected chi connectivity index (χ2v) is 7.82. The van der Waals surface area contributed by atoms with E-state index in [-0.39, 0.29) is 0 Å². The van der Waals surface area contributed by atoms with E-state index >= 15 is 0 Å². The Hall–Kier alpha value is -4.44. The first-order chi connectivity index (χ1) is 15.6. The quantitative estimate of drug-likeness (QED) is 0.284. The van der Waals surface area contributed by atoms with Gasteiger partial charge in [0.15, 0.2) is 0 Å². The van der Waals surface area contributed by atoms with E-state index in [1.54, 1.807) is 0 Å². The van der Waals surface area contributed by atoms with Crippen LogP contribution in [0.25, 0.3) is 21.9 Å². The zero-order chi connectivity index (χ0) is 22.1. The number of nitrogen functional groups attached to an aromatic ring is 3. The van der Waals surface area contributed by atoms with E-state index in [0.29, 0.717) is 0 Å². The smallest absolute Gasteiger partial charge is 0.0546 e. The predicted molar refractivity (Wildman–Crippen MR) is 137 cm³/mol. The molecule has 0 amide bonds. The molecule has 0 heterocycles. The first-order valence-electron chi connectivity index (χ1n) is 10.5. The van der Waals surface area contributed by atoms with Crippen molar-refractivity contribution in [3.05, 3.63) is 109 Å². The first kappa shape index (κ1) is 19.5. The molecule has 0 spiro atoms. The zero-order valence-corrected chi connectivity index (χ0v) is 17.6. The number of rotatable bonds is 4. The molecule has 4 heteroatoms. The fourth-order valence-electron chi connectivity index (χ4n) is 4.08. The summed E-state index contributed by atoms with van der Waals surface area (Å²) < 4.78 is 0.